The van der Waals surface area contributed by atoms with E-state index in [1.165, 1.54) is 180 Å². The summed E-state index contributed by atoms with van der Waals surface area (Å²) in [6.45, 7) is 8.98. The van der Waals surface area contributed by atoms with E-state index in [9.17, 15) is 14.4 Å². The van der Waals surface area contributed by atoms with Gasteiger partial charge in [-0.2, -0.15) is 0 Å². The van der Waals surface area contributed by atoms with Crippen molar-refractivity contribution in [2.45, 2.75) is 291 Å². The van der Waals surface area contributed by atoms with Crippen LogP contribution in [0.2, 0.25) is 0 Å². The molecule has 338 valence electrons. The monoisotopic (exact) mass is 807 g/mol. The predicted octanol–water partition coefficient (Wildman–Crippen LogP) is 16.3. The molecule has 1 unspecified atom stereocenters. The minimum absolute atomic E-state index is 0.0638. The maximum Gasteiger partial charge on any atom is 0.306 e. The quantitative estimate of drug-likeness (QED) is 0.0346. The fourth-order valence-corrected chi connectivity index (χ4v) is 7.66. The Morgan fingerprint density at radius 2 is 0.614 bits per heavy atom. The lowest BCUT2D eigenvalue weighted by atomic mass is 10.00. The van der Waals surface area contributed by atoms with Crippen LogP contribution in [-0.4, -0.2) is 37.2 Å². The predicted molar refractivity (Wildman–Crippen MR) is 243 cm³/mol. The average Bonchev–Trinajstić information content (AvgIpc) is 3.21. The molecule has 0 spiro atoms. The average molecular weight is 807 g/mol. The van der Waals surface area contributed by atoms with Gasteiger partial charge < -0.3 is 14.2 Å². The molecule has 6 nitrogen and oxygen atoms in total. The van der Waals surface area contributed by atoms with Crippen molar-refractivity contribution in [3.63, 3.8) is 0 Å². The van der Waals surface area contributed by atoms with E-state index < -0.39 is 6.10 Å². The normalized spacial score (nSPS) is 12.4. The third kappa shape index (κ3) is 43.8. The molecular formula is C51H98O6. The molecule has 0 rings (SSSR count). The van der Waals surface area contributed by atoms with Gasteiger partial charge in [0, 0.05) is 19.3 Å². The highest BCUT2D eigenvalue weighted by Gasteiger charge is 2.19. The van der Waals surface area contributed by atoms with Crippen molar-refractivity contribution in [2.24, 2.45) is 5.92 Å². The molecular weight excluding hydrogens is 709 g/mol. The lowest BCUT2D eigenvalue weighted by Crippen LogP contribution is -2.30. The Morgan fingerprint density at radius 1 is 0.351 bits per heavy atom. The first-order valence-corrected chi connectivity index (χ1v) is 25.4. The van der Waals surface area contributed by atoms with Crippen LogP contribution in [0.15, 0.2) is 0 Å². The highest BCUT2D eigenvalue weighted by atomic mass is 16.6. The summed E-state index contributed by atoms with van der Waals surface area (Å²) >= 11 is 0. The first kappa shape index (κ1) is 55.4. The number of hydrogen-bond donors (Lipinski definition) is 0. The Balaban J connectivity index is 4.21. The molecule has 0 aromatic heterocycles. The van der Waals surface area contributed by atoms with E-state index in [1.54, 1.807) is 0 Å². The zero-order valence-electron chi connectivity index (χ0n) is 38.8. The van der Waals surface area contributed by atoms with Crippen LogP contribution in [-0.2, 0) is 28.6 Å². The number of ether oxygens (including phenoxy) is 3. The molecule has 0 aliphatic rings. The minimum atomic E-state index is -0.760. The molecule has 0 aliphatic heterocycles. The maximum absolute atomic E-state index is 12.7. The Kier molecular flexibility index (Phi) is 44.2. The van der Waals surface area contributed by atoms with E-state index in [0.29, 0.717) is 19.3 Å². The first-order valence-electron chi connectivity index (χ1n) is 25.4. The molecule has 6 heteroatoms. The number of hydrogen-bond acceptors (Lipinski definition) is 6. The largest absolute Gasteiger partial charge is 0.462 e. The van der Waals surface area contributed by atoms with Gasteiger partial charge in [0.05, 0.1) is 0 Å². The summed E-state index contributed by atoms with van der Waals surface area (Å²) in [6.07, 6.45) is 46.7. The van der Waals surface area contributed by atoms with E-state index >= 15 is 0 Å². The highest BCUT2D eigenvalue weighted by molar-refractivity contribution is 5.71. The van der Waals surface area contributed by atoms with Crippen LogP contribution < -0.4 is 0 Å². The highest BCUT2D eigenvalue weighted by Crippen LogP contribution is 2.17. The van der Waals surface area contributed by atoms with Crippen molar-refractivity contribution in [2.75, 3.05) is 13.2 Å². The molecule has 0 saturated heterocycles. The molecule has 0 radical (unpaired) electrons. The van der Waals surface area contributed by atoms with E-state index in [1.807, 2.05) is 0 Å². The Morgan fingerprint density at radius 3 is 0.912 bits per heavy atom. The summed E-state index contributed by atoms with van der Waals surface area (Å²) in [4.78, 5) is 37.8. The Bertz CT molecular complexity index is 859. The molecule has 0 bridgehead atoms. The van der Waals surface area contributed by atoms with Crippen LogP contribution in [0.3, 0.4) is 0 Å². The summed E-state index contributed by atoms with van der Waals surface area (Å²) in [6, 6.07) is 0. The molecule has 0 fully saturated rings. The van der Waals surface area contributed by atoms with Gasteiger partial charge in [0.2, 0.25) is 0 Å². The minimum Gasteiger partial charge on any atom is -0.462 e. The van der Waals surface area contributed by atoms with Crippen LogP contribution in [0.25, 0.3) is 0 Å². The number of carbonyl (C=O) groups excluding carboxylic acids is 3. The SMILES string of the molecule is CCCCCCCCCCCCCCCCCCCCCC(=O)OC[C@H](COC(=O)CCCCCCCCC(C)CC)OC(=O)CCCCCCCCCCCC. The zero-order chi connectivity index (χ0) is 41.7. The fourth-order valence-electron chi connectivity index (χ4n) is 7.66. The zero-order valence-corrected chi connectivity index (χ0v) is 38.8. The number of unbranched alkanes of at least 4 members (excludes halogenated alkanes) is 32. The van der Waals surface area contributed by atoms with Crippen LogP contribution in [0.1, 0.15) is 285 Å². The van der Waals surface area contributed by atoms with E-state index in [2.05, 4.69) is 27.7 Å². The third-order valence-corrected chi connectivity index (χ3v) is 11.9. The second-order valence-electron chi connectivity index (χ2n) is 17.7. The summed E-state index contributed by atoms with van der Waals surface area (Å²) in [5.74, 6) is -0.0376. The number of esters is 3. The van der Waals surface area contributed by atoms with Crippen LogP contribution in [0.4, 0.5) is 0 Å². The van der Waals surface area contributed by atoms with E-state index in [4.69, 9.17) is 14.2 Å². The van der Waals surface area contributed by atoms with E-state index in [-0.39, 0.29) is 31.1 Å². The van der Waals surface area contributed by atoms with Crippen molar-refractivity contribution in [1.29, 1.82) is 0 Å². The maximum atomic E-state index is 12.7. The van der Waals surface area contributed by atoms with E-state index in [0.717, 1.165) is 63.7 Å². The molecule has 2 atom stereocenters. The van der Waals surface area contributed by atoms with Gasteiger partial charge in [-0.15, -0.1) is 0 Å². The summed E-state index contributed by atoms with van der Waals surface area (Å²) in [5.41, 5.74) is 0. The van der Waals surface area contributed by atoms with Crippen molar-refractivity contribution < 1.29 is 28.6 Å². The lowest BCUT2D eigenvalue weighted by molar-refractivity contribution is -0.167. The van der Waals surface area contributed by atoms with Crippen molar-refractivity contribution in [1.82, 2.24) is 0 Å². The summed E-state index contributed by atoms with van der Waals surface area (Å²) in [7, 11) is 0. The van der Waals surface area contributed by atoms with Crippen molar-refractivity contribution in [3.05, 3.63) is 0 Å². The molecule has 57 heavy (non-hydrogen) atoms. The van der Waals surface area contributed by atoms with Crippen molar-refractivity contribution >= 4 is 17.9 Å². The second kappa shape index (κ2) is 45.5. The molecule has 0 aromatic rings. The van der Waals surface area contributed by atoms with Gasteiger partial charge >= 0.3 is 17.9 Å². The molecule has 0 amide bonds. The van der Waals surface area contributed by atoms with Crippen molar-refractivity contribution in [3.8, 4) is 0 Å². The molecule has 0 saturated carbocycles. The first-order chi connectivity index (χ1) is 27.9. The summed E-state index contributed by atoms with van der Waals surface area (Å²) < 4.78 is 16.8. The second-order valence-corrected chi connectivity index (χ2v) is 17.7. The fraction of sp³-hybridized carbons (Fsp3) is 0.941. The summed E-state index contributed by atoms with van der Waals surface area (Å²) in [5, 5.41) is 0. The number of carbonyl (C=O) groups is 3. The van der Waals surface area contributed by atoms with Gasteiger partial charge in [-0.3, -0.25) is 14.4 Å². The van der Waals surface area contributed by atoms with Gasteiger partial charge in [0.1, 0.15) is 13.2 Å². The van der Waals surface area contributed by atoms with Gasteiger partial charge in [0.15, 0.2) is 6.10 Å². The van der Waals surface area contributed by atoms with Gasteiger partial charge in [-0.05, 0) is 25.2 Å². The van der Waals surface area contributed by atoms with Crippen LogP contribution in [0.5, 0.6) is 0 Å². The number of rotatable bonds is 46. The molecule has 0 N–H and O–H groups in total. The lowest BCUT2D eigenvalue weighted by Gasteiger charge is -2.18. The Hall–Kier alpha value is -1.59. The molecule has 0 heterocycles. The van der Waals surface area contributed by atoms with Crippen LogP contribution in [0, 0.1) is 5.92 Å². The van der Waals surface area contributed by atoms with Crippen LogP contribution >= 0.6 is 0 Å². The molecule has 0 aliphatic carbocycles. The topological polar surface area (TPSA) is 78.9 Å². The standard InChI is InChI=1S/C51H98O6/c1-5-8-10-12-14-16-18-19-20-21-22-23-24-25-26-28-29-34-38-42-49(52)55-45-48(57-51(54)44-40-36-30-27-17-15-13-11-9-6-2)46-56-50(53)43-39-35-32-31-33-37-41-47(4)7-3/h47-48H,5-46H2,1-4H3/t47?,48-/m1/s1. The molecule has 0 aromatic carbocycles. The smallest absolute Gasteiger partial charge is 0.306 e. The third-order valence-electron chi connectivity index (χ3n) is 11.9. The van der Waals surface area contributed by atoms with Gasteiger partial charge in [-0.1, -0.05) is 246 Å². The van der Waals surface area contributed by atoms with Gasteiger partial charge in [-0.25, -0.2) is 0 Å². The van der Waals surface area contributed by atoms with Gasteiger partial charge in [0.25, 0.3) is 0 Å². The Labute approximate surface area is 355 Å².